The second kappa shape index (κ2) is 28.6. The predicted molar refractivity (Wildman–Crippen MR) is 7.23 cm³/mol. The van der Waals surface area contributed by atoms with Crippen molar-refractivity contribution in [2.75, 3.05) is 0 Å². The van der Waals surface area contributed by atoms with Crippen molar-refractivity contribution in [1.29, 1.82) is 0 Å². The summed E-state index contributed by atoms with van der Waals surface area (Å²) in [6.45, 7) is 0. The SMILES string of the molecule is O.O.[Rh].[Ti]. The van der Waals surface area contributed by atoms with Crippen LogP contribution >= 0.6 is 0 Å². The zero-order valence-electron chi connectivity index (χ0n) is 1.83. The van der Waals surface area contributed by atoms with Crippen molar-refractivity contribution in [3.05, 3.63) is 0 Å². The van der Waals surface area contributed by atoms with Crippen molar-refractivity contribution < 1.29 is 52.1 Å². The summed E-state index contributed by atoms with van der Waals surface area (Å²) in [6, 6.07) is 0. The van der Waals surface area contributed by atoms with E-state index in [2.05, 4.69) is 0 Å². The van der Waals surface area contributed by atoms with Crippen LogP contribution in [-0.2, 0) is 41.2 Å². The van der Waals surface area contributed by atoms with Gasteiger partial charge in [0.1, 0.15) is 0 Å². The maximum atomic E-state index is 0. The monoisotopic (exact) mass is 187 g/mol. The minimum absolute atomic E-state index is 0. The van der Waals surface area contributed by atoms with Crippen LogP contribution in [0.5, 0.6) is 0 Å². The normalized spacial score (nSPS) is 0. The first-order valence-electron chi connectivity index (χ1n) is 0. The van der Waals surface area contributed by atoms with Gasteiger partial charge in [-0.3, -0.25) is 0 Å². The molecular formula is H4O2RhTi. The van der Waals surface area contributed by atoms with Gasteiger partial charge in [0.25, 0.3) is 0 Å². The molecular weight excluding hydrogens is 183 g/mol. The summed E-state index contributed by atoms with van der Waals surface area (Å²) in [5.74, 6) is 0. The van der Waals surface area contributed by atoms with Crippen molar-refractivity contribution in [1.82, 2.24) is 0 Å². The van der Waals surface area contributed by atoms with E-state index in [1.54, 1.807) is 0 Å². The Kier molecular flexibility index (Phi) is 430. The second-order valence-electron chi connectivity index (χ2n) is 0. The Morgan fingerprint density at radius 2 is 0.750 bits per heavy atom. The van der Waals surface area contributed by atoms with Gasteiger partial charge in [-0.25, -0.2) is 0 Å². The Morgan fingerprint density at radius 3 is 0.750 bits per heavy atom. The molecule has 0 aliphatic rings. The van der Waals surface area contributed by atoms with Crippen LogP contribution in [-0.4, -0.2) is 11.0 Å². The van der Waals surface area contributed by atoms with Crippen molar-refractivity contribution in [3.63, 3.8) is 0 Å². The first kappa shape index (κ1) is 60.3. The van der Waals surface area contributed by atoms with Gasteiger partial charge in [-0.2, -0.15) is 0 Å². The van der Waals surface area contributed by atoms with Crippen LogP contribution in [0, 0.1) is 0 Å². The number of hydrogen-bond acceptors (Lipinski definition) is 0. The molecule has 0 fully saturated rings. The molecule has 0 bridgehead atoms. The first-order valence-corrected chi connectivity index (χ1v) is 0. The molecule has 1 radical (unpaired) electrons. The maximum Gasteiger partial charge on any atom is 0 e. The van der Waals surface area contributed by atoms with Crippen LogP contribution in [0.1, 0.15) is 0 Å². The van der Waals surface area contributed by atoms with Gasteiger partial charge in [0.05, 0.1) is 0 Å². The smallest absolute Gasteiger partial charge is 0 e. The molecule has 0 aromatic carbocycles. The minimum atomic E-state index is 0. The van der Waals surface area contributed by atoms with Gasteiger partial charge in [0.2, 0.25) is 0 Å². The fourth-order valence-corrected chi connectivity index (χ4v) is 0. The fraction of sp³-hybridized carbons (Fsp3) is 0. The molecule has 0 spiro atoms. The van der Waals surface area contributed by atoms with E-state index in [4.69, 9.17) is 0 Å². The van der Waals surface area contributed by atoms with Crippen LogP contribution in [0.4, 0.5) is 0 Å². The Hall–Kier alpha value is 1.26. The molecule has 0 saturated heterocycles. The molecule has 0 saturated carbocycles. The van der Waals surface area contributed by atoms with Crippen LogP contribution in [0.2, 0.25) is 0 Å². The quantitative estimate of drug-likeness (QED) is 0.407. The largest absolute Gasteiger partial charge is 0.412 e. The summed E-state index contributed by atoms with van der Waals surface area (Å²) >= 11 is 0. The summed E-state index contributed by atoms with van der Waals surface area (Å²) in [5, 5.41) is 0. The van der Waals surface area contributed by atoms with E-state index >= 15 is 0 Å². The van der Waals surface area contributed by atoms with Crippen LogP contribution in [0.25, 0.3) is 0 Å². The van der Waals surface area contributed by atoms with E-state index in [0.29, 0.717) is 0 Å². The van der Waals surface area contributed by atoms with Crippen LogP contribution in [0.3, 0.4) is 0 Å². The molecule has 0 unspecified atom stereocenters. The molecule has 0 aliphatic carbocycles. The van der Waals surface area contributed by atoms with Crippen molar-refractivity contribution in [2.45, 2.75) is 0 Å². The van der Waals surface area contributed by atoms with E-state index in [0.717, 1.165) is 0 Å². The molecule has 0 amide bonds. The summed E-state index contributed by atoms with van der Waals surface area (Å²) in [4.78, 5) is 0. The third-order valence-electron chi connectivity index (χ3n) is 0. The summed E-state index contributed by atoms with van der Waals surface area (Å²) < 4.78 is 0. The van der Waals surface area contributed by atoms with Gasteiger partial charge in [0.15, 0.2) is 0 Å². The zero-order chi connectivity index (χ0) is 0. The van der Waals surface area contributed by atoms with E-state index in [1.807, 2.05) is 0 Å². The van der Waals surface area contributed by atoms with E-state index in [1.165, 1.54) is 0 Å². The molecule has 0 aromatic heterocycles. The van der Waals surface area contributed by atoms with Gasteiger partial charge in [-0.15, -0.1) is 0 Å². The first-order chi connectivity index (χ1) is 0. The average molecular weight is 187 g/mol. The molecule has 4 N–H and O–H groups in total. The Bertz CT molecular complexity index is 6.00. The molecule has 4 heteroatoms. The summed E-state index contributed by atoms with van der Waals surface area (Å²) in [6.07, 6.45) is 0. The van der Waals surface area contributed by atoms with Gasteiger partial charge in [-0.05, 0) is 0 Å². The van der Waals surface area contributed by atoms with Crippen LogP contribution < -0.4 is 0 Å². The Labute approximate surface area is 52.2 Å². The topological polar surface area (TPSA) is 63.0 Å². The van der Waals surface area contributed by atoms with E-state index < -0.39 is 0 Å². The summed E-state index contributed by atoms with van der Waals surface area (Å²) in [7, 11) is 0. The Morgan fingerprint density at radius 1 is 0.750 bits per heavy atom. The molecule has 0 heterocycles. The molecule has 2 nitrogen and oxygen atoms in total. The molecule has 29 valence electrons. The van der Waals surface area contributed by atoms with Crippen molar-refractivity contribution in [2.24, 2.45) is 0 Å². The molecule has 0 atom stereocenters. The van der Waals surface area contributed by atoms with Gasteiger partial charge in [0, 0.05) is 41.2 Å². The third kappa shape index (κ3) is 10.5. The number of hydrogen-bond donors (Lipinski definition) is 0. The maximum absolute atomic E-state index is 0. The Balaban J connectivity index is 0. The standard InChI is InChI=1S/2H2O.Rh.Ti/h2*1H2;;. The van der Waals surface area contributed by atoms with Crippen molar-refractivity contribution in [3.8, 4) is 0 Å². The minimum Gasteiger partial charge on any atom is -0.412 e. The third-order valence-corrected chi connectivity index (χ3v) is 0. The predicted octanol–water partition coefficient (Wildman–Crippen LogP) is -1.65. The molecule has 0 aromatic rings. The molecule has 0 rings (SSSR count). The van der Waals surface area contributed by atoms with Gasteiger partial charge >= 0.3 is 0 Å². The van der Waals surface area contributed by atoms with Crippen molar-refractivity contribution >= 4 is 0 Å². The van der Waals surface area contributed by atoms with E-state index in [9.17, 15) is 0 Å². The molecule has 4 heavy (non-hydrogen) atoms. The van der Waals surface area contributed by atoms with E-state index in [-0.39, 0.29) is 52.1 Å². The average Bonchev–Trinajstić information content (AvgIpc) is 0. The molecule has 0 aliphatic heterocycles. The summed E-state index contributed by atoms with van der Waals surface area (Å²) in [5.41, 5.74) is 0. The second-order valence-corrected chi connectivity index (χ2v) is 0. The van der Waals surface area contributed by atoms with Gasteiger partial charge < -0.3 is 11.0 Å². The fourth-order valence-electron chi connectivity index (χ4n) is 0. The van der Waals surface area contributed by atoms with Gasteiger partial charge in [-0.1, -0.05) is 0 Å². The zero-order valence-corrected chi connectivity index (χ0v) is 5.03. The number of rotatable bonds is 0. The van der Waals surface area contributed by atoms with Crippen LogP contribution in [0.15, 0.2) is 0 Å².